The molecule has 0 radical (unpaired) electrons. The summed E-state index contributed by atoms with van der Waals surface area (Å²) >= 11 is 0. The van der Waals surface area contributed by atoms with Crippen LogP contribution in [0.4, 0.5) is 8.78 Å². The first-order valence-corrected chi connectivity index (χ1v) is 2.43. The lowest BCUT2D eigenvalue weighted by atomic mass is 10.3. The lowest BCUT2D eigenvalue weighted by Gasteiger charge is -1.89. The zero-order valence-corrected chi connectivity index (χ0v) is 4.75. The Balaban J connectivity index is 3.01. The van der Waals surface area contributed by atoms with Gasteiger partial charge in [0.05, 0.1) is 11.8 Å². The normalized spacial score (nSPS) is 10.3. The third kappa shape index (κ3) is 1.02. The van der Waals surface area contributed by atoms with Crippen molar-refractivity contribution in [1.82, 2.24) is 5.16 Å². The van der Waals surface area contributed by atoms with Crippen molar-refractivity contribution in [2.45, 2.75) is 6.43 Å². The number of hydrogen-bond acceptors (Lipinski definition) is 3. The SMILES string of the molecule is O=Cc1cnoc1C(F)F. The molecule has 0 aliphatic heterocycles. The summed E-state index contributed by atoms with van der Waals surface area (Å²) in [6, 6.07) is 0. The summed E-state index contributed by atoms with van der Waals surface area (Å²) in [6.45, 7) is 0. The molecule has 1 aromatic heterocycles. The highest BCUT2D eigenvalue weighted by molar-refractivity contribution is 5.75. The Labute approximate surface area is 54.6 Å². The standard InChI is InChI=1S/C5H3F2NO2/c6-5(7)4-3(2-9)1-8-10-4/h1-2,5H. The molecule has 3 nitrogen and oxygen atoms in total. The fraction of sp³-hybridized carbons (Fsp3) is 0.200. The van der Waals surface area contributed by atoms with Crippen LogP contribution in [-0.2, 0) is 0 Å². The van der Waals surface area contributed by atoms with E-state index in [4.69, 9.17) is 0 Å². The van der Waals surface area contributed by atoms with Crippen molar-refractivity contribution in [1.29, 1.82) is 0 Å². The largest absolute Gasteiger partial charge is 0.354 e. The molecule has 0 aliphatic carbocycles. The number of aldehydes is 1. The molecule has 0 aromatic carbocycles. The molecule has 0 amide bonds. The van der Waals surface area contributed by atoms with Gasteiger partial charge in [-0.1, -0.05) is 5.16 Å². The summed E-state index contributed by atoms with van der Waals surface area (Å²) in [4.78, 5) is 9.96. The molecule has 1 aromatic rings. The summed E-state index contributed by atoms with van der Waals surface area (Å²) in [6.07, 6.45) is -1.55. The summed E-state index contributed by atoms with van der Waals surface area (Å²) < 4.78 is 27.6. The Morgan fingerprint density at radius 2 is 2.40 bits per heavy atom. The first-order valence-electron chi connectivity index (χ1n) is 2.43. The van der Waals surface area contributed by atoms with Crippen LogP contribution in [0.1, 0.15) is 22.5 Å². The number of nitrogens with zero attached hydrogens (tertiary/aromatic N) is 1. The average molecular weight is 147 g/mol. The second-order valence-corrected chi connectivity index (χ2v) is 1.56. The predicted octanol–water partition coefficient (Wildman–Crippen LogP) is 1.42. The van der Waals surface area contributed by atoms with Crippen LogP contribution in [-0.4, -0.2) is 11.4 Å². The highest BCUT2D eigenvalue weighted by atomic mass is 19.3. The smallest absolute Gasteiger partial charge is 0.298 e. The molecule has 54 valence electrons. The number of aromatic nitrogens is 1. The summed E-state index contributed by atoms with van der Waals surface area (Å²) in [5, 5.41) is 3.03. The number of hydrogen-bond donors (Lipinski definition) is 0. The van der Waals surface area contributed by atoms with Gasteiger partial charge < -0.3 is 4.52 Å². The highest BCUT2D eigenvalue weighted by Gasteiger charge is 2.17. The number of carbonyl (C=O) groups is 1. The van der Waals surface area contributed by atoms with Gasteiger partial charge in [-0.15, -0.1) is 0 Å². The van der Waals surface area contributed by atoms with Crippen molar-refractivity contribution in [2.75, 3.05) is 0 Å². The minimum absolute atomic E-state index is 0.199. The van der Waals surface area contributed by atoms with Crippen LogP contribution in [0, 0.1) is 0 Å². The monoisotopic (exact) mass is 147 g/mol. The third-order valence-corrected chi connectivity index (χ3v) is 0.953. The minimum Gasteiger partial charge on any atom is -0.354 e. The van der Waals surface area contributed by atoms with Crippen LogP contribution >= 0.6 is 0 Å². The first-order chi connectivity index (χ1) is 4.75. The second-order valence-electron chi connectivity index (χ2n) is 1.56. The molecule has 1 rings (SSSR count). The summed E-state index contributed by atoms with van der Waals surface area (Å²) in [5.41, 5.74) is -0.199. The molecule has 0 spiro atoms. The third-order valence-electron chi connectivity index (χ3n) is 0.953. The van der Waals surface area contributed by atoms with Crippen molar-refractivity contribution >= 4 is 6.29 Å². The second kappa shape index (κ2) is 2.55. The van der Waals surface area contributed by atoms with E-state index in [0.717, 1.165) is 6.20 Å². The molecular formula is C5H3F2NO2. The number of carbonyl (C=O) groups excluding carboxylic acids is 1. The van der Waals surface area contributed by atoms with E-state index in [1.807, 2.05) is 0 Å². The van der Waals surface area contributed by atoms with E-state index < -0.39 is 12.2 Å². The molecule has 0 atom stereocenters. The maximum atomic E-state index is 11.8. The molecule has 1 heterocycles. The van der Waals surface area contributed by atoms with Crippen LogP contribution in [0.2, 0.25) is 0 Å². The van der Waals surface area contributed by atoms with Gasteiger partial charge in [0, 0.05) is 0 Å². The quantitative estimate of drug-likeness (QED) is 0.594. The Morgan fingerprint density at radius 1 is 1.70 bits per heavy atom. The highest BCUT2D eigenvalue weighted by Crippen LogP contribution is 2.20. The Kier molecular flexibility index (Phi) is 1.75. The topological polar surface area (TPSA) is 43.1 Å². The van der Waals surface area contributed by atoms with E-state index in [1.165, 1.54) is 0 Å². The van der Waals surface area contributed by atoms with Gasteiger partial charge in [0.15, 0.2) is 6.29 Å². The Morgan fingerprint density at radius 3 is 2.80 bits per heavy atom. The Bertz CT molecular complexity index is 233. The lowest BCUT2D eigenvalue weighted by molar-refractivity contribution is 0.103. The molecule has 0 aliphatic rings. The lowest BCUT2D eigenvalue weighted by Crippen LogP contribution is -1.85. The number of alkyl halides is 2. The van der Waals surface area contributed by atoms with Gasteiger partial charge in [0.1, 0.15) is 0 Å². The van der Waals surface area contributed by atoms with E-state index in [9.17, 15) is 13.6 Å². The van der Waals surface area contributed by atoms with E-state index in [1.54, 1.807) is 0 Å². The van der Waals surface area contributed by atoms with Crippen LogP contribution < -0.4 is 0 Å². The maximum Gasteiger partial charge on any atom is 0.298 e. The number of rotatable bonds is 2. The summed E-state index contributed by atoms with van der Waals surface area (Å²) in [5.74, 6) is -0.671. The molecule has 0 saturated heterocycles. The van der Waals surface area contributed by atoms with Crippen molar-refractivity contribution in [3.8, 4) is 0 Å². The average Bonchev–Trinajstić information content (AvgIpc) is 2.33. The first kappa shape index (κ1) is 6.85. The molecule has 0 unspecified atom stereocenters. The van der Waals surface area contributed by atoms with Gasteiger partial charge in [-0.3, -0.25) is 4.79 Å². The maximum absolute atomic E-state index is 11.8. The molecule has 0 bridgehead atoms. The molecule has 5 heteroatoms. The zero-order valence-electron chi connectivity index (χ0n) is 4.75. The Hall–Kier alpha value is -1.26. The van der Waals surface area contributed by atoms with E-state index >= 15 is 0 Å². The van der Waals surface area contributed by atoms with Crippen LogP contribution in [0.15, 0.2) is 10.7 Å². The van der Waals surface area contributed by atoms with E-state index in [-0.39, 0.29) is 11.8 Å². The van der Waals surface area contributed by atoms with Crippen LogP contribution in [0.5, 0.6) is 0 Å². The van der Waals surface area contributed by atoms with Gasteiger partial charge in [0.2, 0.25) is 5.76 Å². The number of halogens is 2. The van der Waals surface area contributed by atoms with Gasteiger partial charge in [-0.2, -0.15) is 0 Å². The van der Waals surface area contributed by atoms with Gasteiger partial charge in [-0.25, -0.2) is 8.78 Å². The molecule has 0 N–H and O–H groups in total. The minimum atomic E-state index is -2.78. The van der Waals surface area contributed by atoms with Crippen molar-refractivity contribution in [3.05, 3.63) is 17.5 Å². The molecule has 0 saturated carbocycles. The van der Waals surface area contributed by atoms with E-state index in [0.29, 0.717) is 0 Å². The predicted molar refractivity (Wildman–Crippen MR) is 26.8 cm³/mol. The fourth-order valence-electron chi connectivity index (χ4n) is 0.511. The van der Waals surface area contributed by atoms with Crippen molar-refractivity contribution in [2.24, 2.45) is 0 Å². The van der Waals surface area contributed by atoms with E-state index in [2.05, 4.69) is 9.68 Å². The summed E-state index contributed by atoms with van der Waals surface area (Å²) in [7, 11) is 0. The fourth-order valence-corrected chi connectivity index (χ4v) is 0.511. The van der Waals surface area contributed by atoms with Gasteiger partial charge in [0.25, 0.3) is 6.43 Å². The van der Waals surface area contributed by atoms with Crippen molar-refractivity contribution < 1.29 is 18.1 Å². The van der Waals surface area contributed by atoms with Gasteiger partial charge >= 0.3 is 0 Å². The van der Waals surface area contributed by atoms with Gasteiger partial charge in [-0.05, 0) is 0 Å². The van der Waals surface area contributed by atoms with Crippen molar-refractivity contribution in [3.63, 3.8) is 0 Å². The molecular weight excluding hydrogens is 144 g/mol. The zero-order chi connectivity index (χ0) is 7.56. The molecule has 10 heavy (non-hydrogen) atoms. The molecule has 0 fully saturated rings. The van der Waals surface area contributed by atoms with Crippen LogP contribution in [0.25, 0.3) is 0 Å². The van der Waals surface area contributed by atoms with Crippen LogP contribution in [0.3, 0.4) is 0 Å².